The molecule has 0 aromatic rings. The smallest absolute Gasteiger partial charge is 0.164 e. The number of hydrogen-bond acceptors (Lipinski definition) is 2. The molecule has 0 N–H and O–H groups in total. The Hall–Kier alpha value is -1.18. The molecule has 0 heterocycles. The van der Waals surface area contributed by atoms with E-state index in [4.69, 9.17) is 0 Å². The van der Waals surface area contributed by atoms with Crippen LogP contribution in [0.5, 0.6) is 0 Å². The lowest BCUT2D eigenvalue weighted by atomic mass is 10.0. The van der Waals surface area contributed by atoms with Gasteiger partial charge in [0.1, 0.15) is 0 Å². The van der Waals surface area contributed by atoms with Crippen molar-refractivity contribution in [3.8, 4) is 0 Å². The van der Waals surface area contributed by atoms with Gasteiger partial charge in [-0.3, -0.25) is 9.79 Å². The Balaban J connectivity index is 4.31. The second kappa shape index (κ2) is 6.53. The third kappa shape index (κ3) is 3.86. The predicted octanol–water partition coefficient (Wildman–Crippen LogP) is 2.37. The van der Waals surface area contributed by atoms with Crippen LogP contribution >= 0.6 is 0 Å². The Kier molecular flexibility index (Phi) is 5.88. The summed E-state index contributed by atoms with van der Waals surface area (Å²) >= 11 is 0. The van der Waals surface area contributed by atoms with E-state index in [2.05, 4.69) is 11.6 Å². The van der Waals surface area contributed by atoms with Crippen molar-refractivity contribution in [1.82, 2.24) is 0 Å². The van der Waals surface area contributed by atoms with Crippen molar-refractivity contribution in [2.45, 2.75) is 20.3 Å². The van der Waals surface area contributed by atoms with E-state index in [0.29, 0.717) is 5.71 Å². The zero-order chi connectivity index (χ0) is 9.40. The van der Waals surface area contributed by atoms with Gasteiger partial charge in [-0.1, -0.05) is 26.5 Å². The average molecular weight is 165 g/mol. The van der Waals surface area contributed by atoms with Crippen molar-refractivity contribution < 1.29 is 4.79 Å². The highest BCUT2D eigenvalue weighted by Gasteiger charge is 2.04. The van der Waals surface area contributed by atoms with Gasteiger partial charge in [0.15, 0.2) is 6.29 Å². The molecule has 0 aromatic carbocycles. The van der Waals surface area contributed by atoms with Crippen molar-refractivity contribution in [3.05, 3.63) is 24.9 Å². The maximum absolute atomic E-state index is 10.5. The fourth-order valence-electron chi connectivity index (χ4n) is 0.673. The lowest BCUT2D eigenvalue weighted by molar-refractivity contribution is -0.102. The fraction of sp³-hybridized carbons (Fsp3) is 0.400. The first-order chi connectivity index (χ1) is 5.76. The molecule has 0 aliphatic rings. The van der Waals surface area contributed by atoms with Gasteiger partial charge >= 0.3 is 0 Å². The van der Waals surface area contributed by atoms with Crippen molar-refractivity contribution in [2.24, 2.45) is 10.9 Å². The zero-order valence-electron chi connectivity index (χ0n) is 7.66. The minimum atomic E-state index is 0.233. The summed E-state index contributed by atoms with van der Waals surface area (Å²) in [7, 11) is 0. The third-order valence-corrected chi connectivity index (χ3v) is 1.68. The molecule has 2 heteroatoms. The molecule has 0 saturated carbocycles. The molecule has 0 aliphatic heterocycles. The van der Waals surface area contributed by atoms with Crippen LogP contribution < -0.4 is 0 Å². The molecule has 66 valence electrons. The molecule has 0 aromatic heterocycles. The highest BCUT2D eigenvalue weighted by Crippen LogP contribution is 2.02. The molecule has 0 bridgehead atoms. The summed E-state index contributed by atoms with van der Waals surface area (Å²) in [6, 6.07) is 0. The monoisotopic (exact) mass is 165 g/mol. The van der Waals surface area contributed by atoms with Crippen LogP contribution in [0, 0.1) is 5.92 Å². The van der Waals surface area contributed by atoms with E-state index in [1.54, 1.807) is 18.4 Å². The van der Waals surface area contributed by atoms with Crippen LogP contribution in [-0.4, -0.2) is 12.0 Å². The van der Waals surface area contributed by atoms with E-state index in [1.807, 2.05) is 13.8 Å². The van der Waals surface area contributed by atoms with Crippen LogP contribution in [0.15, 0.2) is 29.9 Å². The molecule has 2 nitrogen and oxygen atoms in total. The van der Waals surface area contributed by atoms with Gasteiger partial charge in [0.2, 0.25) is 0 Å². The van der Waals surface area contributed by atoms with Gasteiger partial charge in [-0.2, -0.15) is 0 Å². The predicted molar refractivity (Wildman–Crippen MR) is 52.3 cm³/mol. The number of aliphatic imine (C=N–C) groups is 1. The van der Waals surface area contributed by atoms with Gasteiger partial charge in [-0.15, -0.1) is 0 Å². The van der Waals surface area contributed by atoms with Crippen LogP contribution in [0.3, 0.4) is 0 Å². The molecule has 12 heavy (non-hydrogen) atoms. The molecule has 0 aliphatic carbocycles. The summed E-state index contributed by atoms with van der Waals surface area (Å²) in [5, 5.41) is 0. The molecule has 0 spiro atoms. The second-order valence-electron chi connectivity index (χ2n) is 2.56. The number of carbonyl (C=O) groups excluding carboxylic acids is 1. The fourth-order valence-corrected chi connectivity index (χ4v) is 0.673. The zero-order valence-corrected chi connectivity index (χ0v) is 7.66. The lowest BCUT2D eigenvalue weighted by Crippen LogP contribution is -2.10. The molecular formula is C10H15NO. The van der Waals surface area contributed by atoms with E-state index >= 15 is 0 Å². The summed E-state index contributed by atoms with van der Waals surface area (Å²) in [5.41, 5.74) is 0.593. The average Bonchev–Trinajstić information content (AvgIpc) is 2.11. The summed E-state index contributed by atoms with van der Waals surface area (Å²) < 4.78 is 0. The van der Waals surface area contributed by atoms with Crippen molar-refractivity contribution in [3.63, 3.8) is 0 Å². The summed E-state index contributed by atoms with van der Waals surface area (Å²) in [5.74, 6) is 0.233. The van der Waals surface area contributed by atoms with Crippen molar-refractivity contribution in [2.75, 3.05) is 0 Å². The highest BCUT2D eigenvalue weighted by atomic mass is 16.1. The molecule has 0 saturated heterocycles. The van der Waals surface area contributed by atoms with E-state index in [1.165, 1.54) is 0 Å². The van der Waals surface area contributed by atoms with Gasteiger partial charge in [0, 0.05) is 12.1 Å². The summed E-state index contributed by atoms with van der Waals surface area (Å²) in [6.07, 6.45) is 6.65. The van der Waals surface area contributed by atoms with Gasteiger partial charge in [-0.05, 0) is 12.5 Å². The number of hydrogen-bond donors (Lipinski definition) is 0. The summed E-state index contributed by atoms with van der Waals surface area (Å²) in [6.45, 7) is 7.51. The maximum atomic E-state index is 10.5. The SMILES string of the molecule is C=C/C=C\N=C(C=O)C(C)CC. The van der Waals surface area contributed by atoms with Crippen LogP contribution in [0.4, 0.5) is 0 Å². The maximum Gasteiger partial charge on any atom is 0.164 e. The molecular weight excluding hydrogens is 150 g/mol. The van der Waals surface area contributed by atoms with Gasteiger partial charge in [-0.25, -0.2) is 0 Å². The van der Waals surface area contributed by atoms with Crippen LogP contribution in [-0.2, 0) is 4.79 Å². The van der Waals surface area contributed by atoms with Gasteiger partial charge < -0.3 is 0 Å². The van der Waals surface area contributed by atoms with Crippen LogP contribution in [0.2, 0.25) is 0 Å². The highest BCUT2D eigenvalue weighted by molar-refractivity contribution is 6.29. The first-order valence-electron chi connectivity index (χ1n) is 4.06. The largest absolute Gasteiger partial charge is 0.297 e. The molecule has 0 amide bonds. The Morgan fingerprint density at radius 3 is 2.75 bits per heavy atom. The molecule has 0 fully saturated rings. The minimum Gasteiger partial charge on any atom is -0.297 e. The van der Waals surface area contributed by atoms with E-state index in [-0.39, 0.29) is 5.92 Å². The Bertz CT molecular complexity index is 204. The molecule has 0 rings (SSSR count). The van der Waals surface area contributed by atoms with E-state index in [0.717, 1.165) is 12.7 Å². The Morgan fingerprint density at radius 2 is 2.33 bits per heavy atom. The first-order valence-corrected chi connectivity index (χ1v) is 4.06. The van der Waals surface area contributed by atoms with E-state index < -0.39 is 0 Å². The van der Waals surface area contributed by atoms with Gasteiger partial charge in [0.25, 0.3) is 0 Å². The Labute approximate surface area is 73.7 Å². The van der Waals surface area contributed by atoms with Crippen LogP contribution in [0.1, 0.15) is 20.3 Å². The quantitative estimate of drug-likeness (QED) is 0.349. The standard InChI is InChI=1S/C10H15NO/c1-4-6-7-11-10(8-12)9(3)5-2/h4,6-9H,1,5H2,2-3H3/b7-6-,11-10?. The molecule has 0 radical (unpaired) electrons. The molecule has 1 atom stereocenters. The van der Waals surface area contributed by atoms with Crippen molar-refractivity contribution >= 4 is 12.0 Å². The Morgan fingerprint density at radius 1 is 1.67 bits per heavy atom. The van der Waals surface area contributed by atoms with Gasteiger partial charge in [0.05, 0.1) is 5.71 Å². The lowest BCUT2D eigenvalue weighted by Gasteiger charge is -2.03. The number of nitrogens with zero attached hydrogens (tertiary/aromatic N) is 1. The number of allylic oxidation sites excluding steroid dienone is 2. The summed E-state index contributed by atoms with van der Waals surface area (Å²) in [4.78, 5) is 14.5. The van der Waals surface area contributed by atoms with Crippen molar-refractivity contribution in [1.29, 1.82) is 0 Å². The number of rotatable bonds is 5. The first kappa shape index (κ1) is 10.8. The van der Waals surface area contributed by atoms with Crippen LogP contribution in [0.25, 0.3) is 0 Å². The minimum absolute atomic E-state index is 0.233. The number of carbonyl (C=O) groups is 1. The normalized spacial score (nSPS) is 14.7. The third-order valence-electron chi connectivity index (χ3n) is 1.68. The number of aldehydes is 1. The topological polar surface area (TPSA) is 29.4 Å². The van der Waals surface area contributed by atoms with E-state index in [9.17, 15) is 4.79 Å². The second-order valence-corrected chi connectivity index (χ2v) is 2.56. The molecule has 1 unspecified atom stereocenters.